The topological polar surface area (TPSA) is 84.4 Å². The van der Waals surface area contributed by atoms with E-state index in [1.807, 2.05) is 11.5 Å². The minimum Gasteiger partial charge on any atom is -0.359 e. The highest BCUT2D eigenvalue weighted by Crippen LogP contribution is 2.27. The average molecular weight is 286 g/mol. The number of carbonyl (C=O) groups excluding carboxylic acids is 1. The van der Waals surface area contributed by atoms with Gasteiger partial charge in [0.2, 0.25) is 0 Å². The predicted octanol–water partition coefficient (Wildman–Crippen LogP) is 1.27. The minimum absolute atomic E-state index is 0.214. The molecule has 2 aromatic rings. The van der Waals surface area contributed by atoms with Crippen molar-refractivity contribution in [3.8, 4) is 0 Å². The monoisotopic (exact) mass is 286 g/mol. The van der Waals surface area contributed by atoms with Crippen molar-refractivity contribution in [1.29, 1.82) is 0 Å². The van der Waals surface area contributed by atoms with Gasteiger partial charge in [0.1, 0.15) is 0 Å². The molecule has 1 aromatic heterocycles. The molecule has 1 fully saturated rings. The summed E-state index contributed by atoms with van der Waals surface area (Å²) in [5, 5.41) is 3.71. The molecule has 0 saturated carbocycles. The second-order valence-corrected chi connectivity index (χ2v) is 5.28. The number of rotatable bonds is 4. The van der Waals surface area contributed by atoms with Crippen LogP contribution in [0.5, 0.6) is 0 Å². The van der Waals surface area contributed by atoms with Gasteiger partial charge in [0.25, 0.3) is 5.91 Å². The summed E-state index contributed by atoms with van der Waals surface area (Å²) >= 11 is 0. The second kappa shape index (κ2) is 6.07. The third-order valence-electron chi connectivity index (χ3n) is 3.85. The lowest BCUT2D eigenvalue weighted by molar-refractivity contribution is 0.0944. The fourth-order valence-corrected chi connectivity index (χ4v) is 2.76. The van der Waals surface area contributed by atoms with Gasteiger partial charge in [-0.3, -0.25) is 15.1 Å². The maximum Gasteiger partial charge on any atom is 0.287 e. The van der Waals surface area contributed by atoms with Gasteiger partial charge < -0.3 is 4.52 Å². The summed E-state index contributed by atoms with van der Waals surface area (Å²) in [5.41, 5.74) is 3.63. The van der Waals surface area contributed by atoms with E-state index < -0.39 is 5.91 Å². The third-order valence-corrected chi connectivity index (χ3v) is 3.85. The smallest absolute Gasteiger partial charge is 0.287 e. The lowest BCUT2D eigenvalue weighted by Gasteiger charge is -2.14. The molecule has 3 rings (SSSR count). The highest BCUT2D eigenvalue weighted by atomic mass is 16.5. The molecule has 1 saturated heterocycles. The van der Waals surface area contributed by atoms with Gasteiger partial charge in [-0.25, -0.2) is 5.84 Å². The van der Waals surface area contributed by atoms with Crippen LogP contribution < -0.4 is 11.3 Å². The Morgan fingerprint density at radius 1 is 1.43 bits per heavy atom. The van der Waals surface area contributed by atoms with E-state index in [1.165, 1.54) is 5.56 Å². The first-order chi connectivity index (χ1) is 10.3. The van der Waals surface area contributed by atoms with E-state index in [2.05, 4.69) is 34.3 Å². The third kappa shape index (κ3) is 3.12. The number of benzene rings is 1. The van der Waals surface area contributed by atoms with Crippen LogP contribution in [0.4, 0.5) is 0 Å². The number of hydrogen-bond donors (Lipinski definition) is 2. The number of hydrazine groups is 1. The van der Waals surface area contributed by atoms with E-state index in [0.29, 0.717) is 18.2 Å². The quantitative estimate of drug-likeness (QED) is 0.502. The van der Waals surface area contributed by atoms with Crippen LogP contribution in [0, 0.1) is 0 Å². The van der Waals surface area contributed by atoms with Crippen LogP contribution in [0.15, 0.2) is 40.9 Å². The Morgan fingerprint density at radius 3 is 3.00 bits per heavy atom. The normalized spacial score (nSPS) is 18.8. The molecular formula is C15H18N4O2. The Hall–Kier alpha value is -2.18. The van der Waals surface area contributed by atoms with Crippen LogP contribution in [0.3, 0.4) is 0 Å². The lowest BCUT2D eigenvalue weighted by Crippen LogP contribution is -2.30. The average Bonchev–Trinajstić information content (AvgIpc) is 3.17. The van der Waals surface area contributed by atoms with E-state index in [1.54, 1.807) is 6.07 Å². The number of hydrogen-bond acceptors (Lipinski definition) is 5. The highest BCUT2D eigenvalue weighted by Gasteiger charge is 2.25. The van der Waals surface area contributed by atoms with Gasteiger partial charge in [0.15, 0.2) is 11.5 Å². The molecule has 0 spiro atoms. The van der Waals surface area contributed by atoms with Gasteiger partial charge in [0.05, 0.1) is 6.54 Å². The fraction of sp³-hybridized carbons (Fsp3) is 0.333. The van der Waals surface area contributed by atoms with Crippen LogP contribution >= 0.6 is 0 Å². The minimum atomic E-state index is -0.436. The number of nitrogens with two attached hydrogens (primary N) is 1. The van der Waals surface area contributed by atoms with Crippen molar-refractivity contribution in [2.45, 2.75) is 18.9 Å². The molecular weight excluding hydrogens is 268 g/mol. The summed E-state index contributed by atoms with van der Waals surface area (Å²) in [6.45, 7) is 2.66. The summed E-state index contributed by atoms with van der Waals surface area (Å²) in [6.07, 6.45) is 1.13. The maximum absolute atomic E-state index is 11.3. The molecule has 1 aliphatic heterocycles. The fourth-order valence-electron chi connectivity index (χ4n) is 2.76. The number of aromatic nitrogens is 1. The molecule has 0 bridgehead atoms. The zero-order valence-electron chi connectivity index (χ0n) is 11.7. The highest BCUT2D eigenvalue weighted by molar-refractivity contribution is 5.91. The maximum atomic E-state index is 11.3. The molecule has 2 heterocycles. The van der Waals surface area contributed by atoms with Crippen molar-refractivity contribution in [3.05, 3.63) is 53.4 Å². The standard InChI is InChI=1S/C15H18N4O2/c16-17-15(20)14-8-13(21-18-14)10-19-7-6-12(9-19)11-4-2-1-3-5-11/h1-5,8,12H,6-7,9-10,16H2,(H,17,20). The SMILES string of the molecule is NNC(=O)c1cc(CN2CCC(c3ccccc3)C2)on1. The van der Waals surface area contributed by atoms with E-state index in [-0.39, 0.29) is 5.69 Å². The second-order valence-electron chi connectivity index (χ2n) is 5.28. The molecule has 1 amide bonds. The van der Waals surface area contributed by atoms with Crippen molar-refractivity contribution in [3.63, 3.8) is 0 Å². The van der Waals surface area contributed by atoms with E-state index >= 15 is 0 Å². The molecule has 1 unspecified atom stereocenters. The lowest BCUT2D eigenvalue weighted by atomic mass is 9.99. The van der Waals surface area contributed by atoms with E-state index in [0.717, 1.165) is 19.5 Å². The predicted molar refractivity (Wildman–Crippen MR) is 77.2 cm³/mol. The zero-order chi connectivity index (χ0) is 14.7. The molecule has 21 heavy (non-hydrogen) atoms. The van der Waals surface area contributed by atoms with Crippen molar-refractivity contribution in [2.75, 3.05) is 13.1 Å². The number of nitrogens with zero attached hydrogens (tertiary/aromatic N) is 2. The Morgan fingerprint density at radius 2 is 2.24 bits per heavy atom. The molecule has 0 aliphatic carbocycles. The number of nitrogens with one attached hydrogen (secondary N) is 1. The van der Waals surface area contributed by atoms with Crippen LogP contribution in [-0.4, -0.2) is 29.1 Å². The van der Waals surface area contributed by atoms with Gasteiger partial charge in [-0.05, 0) is 24.4 Å². The number of likely N-dealkylation sites (tertiary alicyclic amines) is 1. The Labute approximate surface area is 122 Å². The number of carbonyl (C=O) groups is 1. The summed E-state index contributed by atoms with van der Waals surface area (Å²) in [5.74, 6) is 5.87. The van der Waals surface area contributed by atoms with Crippen LogP contribution in [-0.2, 0) is 6.54 Å². The summed E-state index contributed by atoms with van der Waals surface area (Å²) in [6, 6.07) is 12.2. The van der Waals surface area contributed by atoms with Gasteiger partial charge in [-0.15, -0.1) is 0 Å². The van der Waals surface area contributed by atoms with E-state index in [4.69, 9.17) is 10.4 Å². The molecule has 0 radical (unpaired) electrons. The molecule has 110 valence electrons. The van der Waals surface area contributed by atoms with Crippen LogP contribution in [0.2, 0.25) is 0 Å². The first-order valence-electron chi connectivity index (χ1n) is 7.00. The molecule has 1 aromatic carbocycles. The van der Waals surface area contributed by atoms with Crippen molar-refractivity contribution >= 4 is 5.91 Å². The van der Waals surface area contributed by atoms with Crippen LogP contribution in [0.25, 0.3) is 0 Å². The summed E-state index contributed by atoms with van der Waals surface area (Å²) < 4.78 is 5.18. The van der Waals surface area contributed by atoms with Gasteiger partial charge in [-0.1, -0.05) is 35.5 Å². The first kappa shape index (κ1) is 13.8. The largest absolute Gasteiger partial charge is 0.359 e. The molecule has 6 heteroatoms. The van der Waals surface area contributed by atoms with Crippen LogP contribution in [0.1, 0.15) is 34.2 Å². The Kier molecular flexibility index (Phi) is 3.98. The van der Waals surface area contributed by atoms with Gasteiger partial charge in [-0.2, -0.15) is 0 Å². The summed E-state index contributed by atoms with van der Waals surface area (Å²) in [7, 11) is 0. The van der Waals surface area contributed by atoms with Gasteiger partial charge in [0, 0.05) is 12.6 Å². The molecule has 3 N–H and O–H groups in total. The zero-order valence-corrected chi connectivity index (χ0v) is 11.7. The number of nitrogen functional groups attached to an aromatic ring is 1. The van der Waals surface area contributed by atoms with Crippen molar-refractivity contribution < 1.29 is 9.32 Å². The molecule has 6 nitrogen and oxygen atoms in total. The first-order valence-corrected chi connectivity index (χ1v) is 7.00. The van der Waals surface area contributed by atoms with Crippen molar-refractivity contribution in [2.24, 2.45) is 5.84 Å². The Balaban J connectivity index is 1.60. The van der Waals surface area contributed by atoms with E-state index in [9.17, 15) is 4.79 Å². The molecule has 1 aliphatic rings. The Bertz CT molecular complexity index is 611. The summed E-state index contributed by atoms with van der Waals surface area (Å²) in [4.78, 5) is 13.6. The van der Waals surface area contributed by atoms with Gasteiger partial charge >= 0.3 is 0 Å². The molecule has 1 atom stereocenters. The van der Waals surface area contributed by atoms with Crippen molar-refractivity contribution in [1.82, 2.24) is 15.5 Å². The number of amides is 1.